The van der Waals surface area contributed by atoms with E-state index in [1.165, 1.54) is 16.7 Å². The fraction of sp³-hybridized carbons (Fsp3) is 0.429. The van der Waals surface area contributed by atoms with Crippen molar-refractivity contribution in [3.8, 4) is 0 Å². The van der Waals surface area contributed by atoms with Gasteiger partial charge in [0.05, 0.1) is 5.88 Å². The third-order valence-electron chi connectivity index (χ3n) is 3.36. The monoisotopic (exact) mass is 294 g/mol. The van der Waals surface area contributed by atoms with Crippen LogP contribution in [0.1, 0.15) is 18.4 Å². The number of aliphatic carboxylic acids is 1. The van der Waals surface area contributed by atoms with Gasteiger partial charge in [-0.3, -0.25) is 0 Å². The fourth-order valence-electron chi connectivity index (χ4n) is 2.09. The minimum absolute atomic E-state index is 0.193. The number of carbonyl (C=O) groups is 2. The number of rotatable bonds is 4. The molecule has 2 atom stereocenters. The summed E-state index contributed by atoms with van der Waals surface area (Å²) < 4.78 is 0. The number of hydrogen-bond acceptors (Lipinski definition) is 3. The van der Waals surface area contributed by atoms with Gasteiger partial charge in [0.1, 0.15) is 6.04 Å². The fourth-order valence-corrected chi connectivity index (χ4v) is 3.23. The molecule has 0 aromatic heterocycles. The first-order chi connectivity index (χ1) is 9.59. The predicted molar refractivity (Wildman–Crippen MR) is 78.8 cm³/mol. The molecule has 0 bridgehead atoms. The Morgan fingerprint density at radius 1 is 1.45 bits per heavy atom. The average molecular weight is 294 g/mol. The molecule has 0 saturated carbocycles. The van der Waals surface area contributed by atoms with Gasteiger partial charge in [0.2, 0.25) is 0 Å². The number of thioether (sulfide) groups is 1. The molecule has 2 rings (SSSR count). The van der Waals surface area contributed by atoms with Gasteiger partial charge < -0.3 is 15.3 Å². The Labute approximate surface area is 122 Å². The molecule has 0 aliphatic carbocycles. The molecular formula is C14H18N2O3S. The SMILES string of the molecule is CC(CNC(=O)N1CSCC1C(=O)O)c1ccccc1. The number of amides is 2. The van der Waals surface area contributed by atoms with Crippen molar-refractivity contribution in [3.63, 3.8) is 0 Å². The Morgan fingerprint density at radius 2 is 2.15 bits per heavy atom. The zero-order chi connectivity index (χ0) is 14.5. The number of benzene rings is 1. The Morgan fingerprint density at radius 3 is 2.80 bits per heavy atom. The zero-order valence-corrected chi connectivity index (χ0v) is 12.1. The molecule has 5 nitrogen and oxygen atoms in total. The summed E-state index contributed by atoms with van der Waals surface area (Å²) in [5.41, 5.74) is 1.15. The summed E-state index contributed by atoms with van der Waals surface area (Å²) in [6.45, 7) is 2.53. The molecule has 2 amide bonds. The normalized spacial score (nSPS) is 19.6. The smallest absolute Gasteiger partial charge is 0.327 e. The molecule has 1 saturated heterocycles. The quantitative estimate of drug-likeness (QED) is 0.890. The van der Waals surface area contributed by atoms with E-state index in [4.69, 9.17) is 5.11 Å². The minimum atomic E-state index is -0.943. The van der Waals surface area contributed by atoms with Gasteiger partial charge in [-0.05, 0) is 11.5 Å². The maximum Gasteiger partial charge on any atom is 0.327 e. The molecule has 1 aromatic rings. The summed E-state index contributed by atoms with van der Waals surface area (Å²) in [6, 6.07) is 8.90. The lowest BCUT2D eigenvalue weighted by atomic mass is 10.0. The standard InChI is InChI=1S/C14H18N2O3S/c1-10(11-5-3-2-4-6-11)7-15-14(19)16-9-20-8-12(16)13(17)18/h2-6,10,12H,7-9H2,1H3,(H,15,19)(H,17,18). The van der Waals surface area contributed by atoms with Crippen molar-refractivity contribution >= 4 is 23.8 Å². The van der Waals surface area contributed by atoms with E-state index in [0.717, 1.165) is 5.56 Å². The van der Waals surface area contributed by atoms with Crippen LogP contribution in [0.15, 0.2) is 30.3 Å². The lowest BCUT2D eigenvalue weighted by molar-refractivity contribution is -0.140. The molecule has 0 spiro atoms. The van der Waals surface area contributed by atoms with Crippen molar-refractivity contribution < 1.29 is 14.7 Å². The van der Waals surface area contributed by atoms with Gasteiger partial charge in [-0.1, -0.05) is 37.3 Å². The zero-order valence-electron chi connectivity index (χ0n) is 11.3. The summed E-state index contributed by atoms with van der Waals surface area (Å²) in [7, 11) is 0. The Bertz CT molecular complexity index is 481. The van der Waals surface area contributed by atoms with Gasteiger partial charge in [0.15, 0.2) is 0 Å². The predicted octanol–water partition coefficient (Wildman–Crippen LogP) is 1.96. The topological polar surface area (TPSA) is 69.6 Å². The molecule has 1 aliphatic rings. The summed E-state index contributed by atoms with van der Waals surface area (Å²) in [5.74, 6) is 0.138. The lowest BCUT2D eigenvalue weighted by Gasteiger charge is -2.22. The van der Waals surface area contributed by atoms with Crippen molar-refractivity contribution in [3.05, 3.63) is 35.9 Å². The Balaban J connectivity index is 1.87. The van der Waals surface area contributed by atoms with Crippen molar-refractivity contribution in [1.82, 2.24) is 10.2 Å². The summed E-state index contributed by atoms with van der Waals surface area (Å²) in [5, 5.41) is 11.9. The molecule has 2 unspecified atom stereocenters. The highest BCUT2D eigenvalue weighted by atomic mass is 32.2. The van der Waals surface area contributed by atoms with Gasteiger partial charge in [-0.25, -0.2) is 9.59 Å². The lowest BCUT2D eigenvalue weighted by Crippen LogP contribution is -2.47. The Kier molecular flexibility index (Phi) is 4.89. The van der Waals surface area contributed by atoms with E-state index < -0.39 is 12.0 Å². The molecule has 2 N–H and O–H groups in total. The van der Waals surface area contributed by atoms with E-state index >= 15 is 0 Å². The molecule has 0 radical (unpaired) electrons. The minimum Gasteiger partial charge on any atom is -0.480 e. The van der Waals surface area contributed by atoms with Gasteiger partial charge in [-0.15, -0.1) is 11.8 Å². The molecule has 1 heterocycles. The van der Waals surface area contributed by atoms with Crippen LogP contribution in [0.3, 0.4) is 0 Å². The second kappa shape index (κ2) is 6.65. The number of carboxylic acid groups (broad SMARTS) is 1. The van der Waals surface area contributed by atoms with Crippen LogP contribution in [-0.4, -0.2) is 46.2 Å². The van der Waals surface area contributed by atoms with Crippen molar-refractivity contribution in [2.24, 2.45) is 0 Å². The van der Waals surface area contributed by atoms with E-state index in [2.05, 4.69) is 5.32 Å². The first-order valence-corrected chi connectivity index (χ1v) is 7.65. The summed E-state index contributed by atoms with van der Waals surface area (Å²) in [4.78, 5) is 24.5. The number of carboxylic acids is 1. The van der Waals surface area contributed by atoms with Gasteiger partial charge >= 0.3 is 12.0 Å². The van der Waals surface area contributed by atoms with Crippen LogP contribution in [0.4, 0.5) is 4.79 Å². The van der Waals surface area contributed by atoms with Crippen molar-refractivity contribution in [2.45, 2.75) is 18.9 Å². The van der Waals surface area contributed by atoms with Crippen LogP contribution in [0.5, 0.6) is 0 Å². The number of nitrogens with one attached hydrogen (secondary N) is 1. The van der Waals surface area contributed by atoms with E-state index in [1.807, 2.05) is 37.3 Å². The van der Waals surface area contributed by atoms with Crippen LogP contribution in [-0.2, 0) is 4.79 Å². The highest BCUT2D eigenvalue weighted by Crippen LogP contribution is 2.21. The number of urea groups is 1. The molecule has 1 aromatic carbocycles. The third kappa shape index (κ3) is 3.45. The van der Waals surface area contributed by atoms with E-state index in [1.54, 1.807) is 0 Å². The van der Waals surface area contributed by atoms with Crippen LogP contribution in [0.2, 0.25) is 0 Å². The largest absolute Gasteiger partial charge is 0.480 e. The molecule has 6 heteroatoms. The van der Waals surface area contributed by atoms with Crippen molar-refractivity contribution in [2.75, 3.05) is 18.2 Å². The summed E-state index contributed by atoms with van der Waals surface area (Å²) in [6.07, 6.45) is 0. The highest BCUT2D eigenvalue weighted by molar-refractivity contribution is 7.99. The molecule has 20 heavy (non-hydrogen) atoms. The maximum absolute atomic E-state index is 12.0. The molecule has 1 aliphatic heterocycles. The van der Waals surface area contributed by atoms with Gasteiger partial charge in [0.25, 0.3) is 0 Å². The first kappa shape index (κ1) is 14.7. The number of carbonyl (C=O) groups excluding carboxylic acids is 1. The molecule has 108 valence electrons. The summed E-state index contributed by atoms with van der Waals surface area (Å²) >= 11 is 1.46. The van der Waals surface area contributed by atoms with Gasteiger partial charge in [-0.2, -0.15) is 0 Å². The number of hydrogen-bond donors (Lipinski definition) is 2. The van der Waals surface area contributed by atoms with Gasteiger partial charge in [0, 0.05) is 12.3 Å². The first-order valence-electron chi connectivity index (χ1n) is 6.49. The molecule has 1 fully saturated rings. The van der Waals surface area contributed by atoms with Crippen LogP contribution >= 0.6 is 11.8 Å². The van der Waals surface area contributed by atoms with Crippen LogP contribution in [0.25, 0.3) is 0 Å². The van der Waals surface area contributed by atoms with E-state index in [-0.39, 0.29) is 11.9 Å². The van der Waals surface area contributed by atoms with E-state index in [9.17, 15) is 9.59 Å². The van der Waals surface area contributed by atoms with Crippen LogP contribution < -0.4 is 5.32 Å². The molecular weight excluding hydrogens is 276 g/mol. The van der Waals surface area contributed by atoms with E-state index in [0.29, 0.717) is 18.2 Å². The highest BCUT2D eigenvalue weighted by Gasteiger charge is 2.34. The van der Waals surface area contributed by atoms with Crippen LogP contribution in [0, 0.1) is 0 Å². The average Bonchev–Trinajstić information content (AvgIpc) is 2.95. The second-order valence-corrected chi connectivity index (χ2v) is 5.82. The number of nitrogens with zero attached hydrogens (tertiary/aromatic N) is 1. The maximum atomic E-state index is 12.0. The third-order valence-corrected chi connectivity index (χ3v) is 4.37. The second-order valence-electron chi connectivity index (χ2n) is 4.82. The van der Waals surface area contributed by atoms with Crippen molar-refractivity contribution in [1.29, 1.82) is 0 Å². The Hall–Kier alpha value is -1.69.